The predicted molar refractivity (Wildman–Crippen MR) is 159 cm³/mol. The van der Waals surface area contributed by atoms with Crippen LogP contribution < -0.4 is 15.4 Å². The molecule has 4 aromatic heterocycles. The van der Waals surface area contributed by atoms with E-state index in [-0.39, 0.29) is 17.5 Å². The molecule has 2 aromatic carbocycles. The van der Waals surface area contributed by atoms with Crippen LogP contribution in [0.15, 0.2) is 91.6 Å². The van der Waals surface area contributed by atoms with Crippen LogP contribution in [0.1, 0.15) is 19.9 Å². The highest BCUT2D eigenvalue weighted by Gasteiger charge is 2.17. The van der Waals surface area contributed by atoms with Gasteiger partial charge in [0.2, 0.25) is 0 Å². The van der Waals surface area contributed by atoms with Crippen LogP contribution in [0.3, 0.4) is 0 Å². The van der Waals surface area contributed by atoms with Crippen LogP contribution in [0.2, 0.25) is 0 Å². The Bertz CT molecular complexity index is 1910. The van der Waals surface area contributed by atoms with Gasteiger partial charge in [-0.3, -0.25) is 19.3 Å². The number of amides is 2. The minimum atomic E-state index is -0.649. The number of hydrogen-bond donors (Lipinski definition) is 2. The minimum absolute atomic E-state index is 0.000193. The number of benzene rings is 2. The van der Waals surface area contributed by atoms with E-state index in [0.29, 0.717) is 22.8 Å². The van der Waals surface area contributed by atoms with E-state index in [1.54, 1.807) is 52.4 Å². The molecule has 42 heavy (non-hydrogen) atoms. The van der Waals surface area contributed by atoms with Gasteiger partial charge >= 0.3 is 6.03 Å². The summed E-state index contributed by atoms with van der Waals surface area (Å²) in [6, 6.07) is 16.7. The molecular weight excluding hydrogens is 535 g/mol. The quantitative estimate of drug-likeness (QED) is 0.216. The zero-order valence-electron chi connectivity index (χ0n) is 23.1. The molecule has 0 bridgehead atoms. The number of hydrogen-bond acceptors (Lipinski definition) is 6. The first-order valence-electron chi connectivity index (χ1n) is 13.3. The fraction of sp³-hybridized carbons (Fsp3) is 0.129. The van der Waals surface area contributed by atoms with Crippen LogP contribution in [0.5, 0.6) is 11.5 Å². The number of aryl methyl sites for hydroxylation is 1. The van der Waals surface area contributed by atoms with Gasteiger partial charge < -0.3 is 15.4 Å². The van der Waals surface area contributed by atoms with E-state index < -0.39 is 11.8 Å². The van der Waals surface area contributed by atoms with E-state index in [2.05, 4.69) is 25.7 Å². The SMILES string of the molecule is CC(C)n1cc(NC(=O)Nc2ccc(Oc3ccnc(-c4cnn(C)c4)c3)cc2F)c(-c2ccc3ncccc3c2)n1. The van der Waals surface area contributed by atoms with Crippen molar-refractivity contribution in [2.24, 2.45) is 7.05 Å². The third kappa shape index (κ3) is 5.66. The lowest BCUT2D eigenvalue weighted by Crippen LogP contribution is -2.20. The number of anilines is 2. The van der Waals surface area contributed by atoms with Gasteiger partial charge in [-0.15, -0.1) is 0 Å². The second-order valence-corrected chi connectivity index (χ2v) is 9.98. The summed E-state index contributed by atoms with van der Waals surface area (Å²) in [4.78, 5) is 21.7. The Morgan fingerprint density at radius 1 is 0.905 bits per heavy atom. The molecule has 2 N–H and O–H groups in total. The Labute approximate surface area is 240 Å². The fourth-order valence-corrected chi connectivity index (χ4v) is 4.44. The number of aromatic nitrogens is 6. The lowest BCUT2D eigenvalue weighted by atomic mass is 10.1. The molecule has 10 nitrogen and oxygen atoms in total. The molecule has 2 amide bonds. The van der Waals surface area contributed by atoms with Crippen LogP contribution >= 0.6 is 0 Å². The summed E-state index contributed by atoms with van der Waals surface area (Å²) in [7, 11) is 1.82. The predicted octanol–water partition coefficient (Wildman–Crippen LogP) is 7.05. The number of carbonyl (C=O) groups is 1. The summed E-state index contributed by atoms with van der Waals surface area (Å²) in [6.45, 7) is 3.99. The highest BCUT2D eigenvalue weighted by molar-refractivity contribution is 6.02. The molecule has 0 atom stereocenters. The first kappa shape index (κ1) is 26.6. The monoisotopic (exact) mass is 562 g/mol. The molecule has 6 rings (SSSR count). The molecule has 0 radical (unpaired) electrons. The van der Waals surface area contributed by atoms with Gasteiger partial charge in [-0.1, -0.05) is 12.1 Å². The molecule has 0 saturated carbocycles. The molecule has 0 spiro atoms. The van der Waals surface area contributed by atoms with Gasteiger partial charge in [0, 0.05) is 66.5 Å². The Morgan fingerprint density at radius 3 is 2.52 bits per heavy atom. The van der Waals surface area contributed by atoms with Crippen molar-refractivity contribution in [1.29, 1.82) is 0 Å². The van der Waals surface area contributed by atoms with Gasteiger partial charge in [0.1, 0.15) is 23.0 Å². The molecule has 0 aliphatic heterocycles. The van der Waals surface area contributed by atoms with Crippen molar-refractivity contribution in [2.75, 3.05) is 10.6 Å². The summed E-state index contributed by atoms with van der Waals surface area (Å²) < 4.78 is 24.3. The van der Waals surface area contributed by atoms with E-state index in [4.69, 9.17) is 9.84 Å². The van der Waals surface area contributed by atoms with Crippen molar-refractivity contribution in [3.05, 3.63) is 97.5 Å². The molecule has 0 saturated heterocycles. The van der Waals surface area contributed by atoms with Crippen molar-refractivity contribution in [3.8, 4) is 34.0 Å². The lowest BCUT2D eigenvalue weighted by molar-refractivity contribution is 0.262. The number of pyridine rings is 2. The number of ether oxygens (including phenoxy) is 1. The standard InChI is InChI=1S/C31H27FN8O2/c1-19(2)40-18-29(30(38-40)21-6-8-26-20(13-21)5-4-11-33-26)37-31(41)36-27-9-7-23(14-25(27)32)42-24-10-12-34-28(15-24)22-16-35-39(3)17-22/h4-19H,1-3H3,(H2,36,37,41). The second-order valence-electron chi connectivity index (χ2n) is 9.98. The average molecular weight is 563 g/mol. The van der Waals surface area contributed by atoms with Crippen LogP contribution in [-0.2, 0) is 7.05 Å². The highest BCUT2D eigenvalue weighted by Crippen LogP contribution is 2.31. The van der Waals surface area contributed by atoms with Gasteiger partial charge in [-0.25, -0.2) is 9.18 Å². The van der Waals surface area contributed by atoms with Gasteiger partial charge in [0.05, 0.1) is 28.8 Å². The van der Waals surface area contributed by atoms with E-state index in [1.165, 1.54) is 12.1 Å². The summed E-state index contributed by atoms with van der Waals surface area (Å²) in [6.07, 6.45) is 8.65. The van der Waals surface area contributed by atoms with Gasteiger partial charge in [0.15, 0.2) is 0 Å². The van der Waals surface area contributed by atoms with Crippen molar-refractivity contribution in [1.82, 2.24) is 29.5 Å². The van der Waals surface area contributed by atoms with E-state index in [0.717, 1.165) is 22.0 Å². The van der Waals surface area contributed by atoms with Crippen molar-refractivity contribution in [2.45, 2.75) is 19.9 Å². The number of carbonyl (C=O) groups excluding carboxylic acids is 1. The minimum Gasteiger partial charge on any atom is -0.457 e. The van der Waals surface area contributed by atoms with Crippen molar-refractivity contribution < 1.29 is 13.9 Å². The molecule has 6 aromatic rings. The molecule has 210 valence electrons. The normalized spacial score (nSPS) is 11.2. The number of rotatable bonds is 7. The molecule has 0 unspecified atom stereocenters. The van der Waals surface area contributed by atoms with E-state index in [9.17, 15) is 4.79 Å². The maximum Gasteiger partial charge on any atom is 0.323 e. The van der Waals surface area contributed by atoms with E-state index >= 15 is 4.39 Å². The summed E-state index contributed by atoms with van der Waals surface area (Å²) in [5, 5.41) is 15.2. The molecule has 11 heteroatoms. The third-order valence-electron chi connectivity index (χ3n) is 6.54. The molecule has 0 fully saturated rings. The number of nitrogens with one attached hydrogen (secondary N) is 2. The van der Waals surface area contributed by atoms with E-state index in [1.807, 2.05) is 57.4 Å². The first-order chi connectivity index (χ1) is 20.3. The largest absolute Gasteiger partial charge is 0.457 e. The molecule has 0 aliphatic carbocycles. The summed E-state index contributed by atoms with van der Waals surface area (Å²) >= 11 is 0. The number of fused-ring (bicyclic) bond motifs is 1. The zero-order valence-corrected chi connectivity index (χ0v) is 23.1. The second kappa shape index (κ2) is 11.1. The molecular formula is C31H27FN8O2. The topological polar surface area (TPSA) is 112 Å². The van der Waals surface area contributed by atoms with Crippen LogP contribution in [-0.4, -0.2) is 35.6 Å². The van der Waals surface area contributed by atoms with Crippen molar-refractivity contribution >= 4 is 28.3 Å². The van der Waals surface area contributed by atoms with Crippen LogP contribution in [0, 0.1) is 5.82 Å². The number of nitrogens with zero attached hydrogens (tertiary/aromatic N) is 6. The fourth-order valence-electron chi connectivity index (χ4n) is 4.44. The molecule has 0 aliphatic rings. The van der Waals surface area contributed by atoms with Gasteiger partial charge in [-0.2, -0.15) is 10.2 Å². The Balaban J connectivity index is 1.18. The number of halogens is 1. The Hall–Kier alpha value is -5.58. The third-order valence-corrected chi connectivity index (χ3v) is 6.54. The maximum atomic E-state index is 15.0. The van der Waals surface area contributed by atoms with Crippen LogP contribution in [0.25, 0.3) is 33.4 Å². The average Bonchev–Trinajstić information content (AvgIpc) is 3.61. The lowest BCUT2D eigenvalue weighted by Gasteiger charge is -2.11. The van der Waals surface area contributed by atoms with Gasteiger partial charge in [0.25, 0.3) is 0 Å². The first-order valence-corrected chi connectivity index (χ1v) is 13.3. The smallest absolute Gasteiger partial charge is 0.323 e. The highest BCUT2D eigenvalue weighted by atomic mass is 19.1. The summed E-state index contributed by atoms with van der Waals surface area (Å²) in [5.41, 5.74) is 4.28. The zero-order chi connectivity index (χ0) is 29.2. The molecule has 4 heterocycles. The van der Waals surface area contributed by atoms with Crippen molar-refractivity contribution in [3.63, 3.8) is 0 Å². The van der Waals surface area contributed by atoms with Gasteiger partial charge in [-0.05, 0) is 50.2 Å². The Kier molecular flexibility index (Phi) is 7.05. The summed E-state index contributed by atoms with van der Waals surface area (Å²) in [5.74, 6) is 0.110. The Morgan fingerprint density at radius 2 is 1.74 bits per heavy atom. The van der Waals surface area contributed by atoms with Crippen LogP contribution in [0.4, 0.5) is 20.6 Å². The maximum absolute atomic E-state index is 15.0. The number of urea groups is 1.